The number of nitrogens with zero attached hydrogens (tertiary/aromatic N) is 2. The Labute approximate surface area is 218 Å². The number of hydrogen-bond acceptors (Lipinski definition) is 3. The van der Waals surface area contributed by atoms with Gasteiger partial charge >= 0.3 is 12.2 Å². The summed E-state index contributed by atoms with van der Waals surface area (Å²) in [6.45, 7) is 9.09. The Hall–Kier alpha value is -2.78. The van der Waals surface area contributed by atoms with Crippen LogP contribution in [0.2, 0.25) is 0 Å². The molecule has 0 aromatic heterocycles. The van der Waals surface area contributed by atoms with Gasteiger partial charge in [0.2, 0.25) is 11.8 Å². The van der Waals surface area contributed by atoms with Crippen molar-refractivity contribution in [3.63, 3.8) is 0 Å². The van der Waals surface area contributed by atoms with E-state index >= 15 is 0 Å². The fraction of sp³-hybridized carbons (Fsp3) is 0.667. The van der Waals surface area contributed by atoms with Crippen LogP contribution in [-0.2, 0) is 15.8 Å². The van der Waals surface area contributed by atoms with Crippen LogP contribution in [-0.4, -0.2) is 59.4 Å². The van der Waals surface area contributed by atoms with Crippen LogP contribution in [0.1, 0.15) is 78.2 Å². The lowest BCUT2D eigenvalue weighted by molar-refractivity contribution is -0.144. The molecule has 37 heavy (non-hydrogen) atoms. The van der Waals surface area contributed by atoms with Crippen LogP contribution in [0, 0.1) is 5.92 Å². The number of amides is 4. The zero-order valence-electron chi connectivity index (χ0n) is 22.4. The predicted molar refractivity (Wildman–Crippen MR) is 138 cm³/mol. The molecule has 7 nitrogen and oxygen atoms in total. The summed E-state index contributed by atoms with van der Waals surface area (Å²) in [6, 6.07) is 2.53. The summed E-state index contributed by atoms with van der Waals surface area (Å²) >= 11 is 0. The van der Waals surface area contributed by atoms with Gasteiger partial charge in [-0.1, -0.05) is 52.9 Å². The molecule has 0 bridgehead atoms. The molecule has 1 aromatic rings. The molecule has 0 spiro atoms. The Bertz CT molecular complexity index is 892. The molecule has 0 radical (unpaired) electrons. The molecular weight excluding hydrogens is 485 g/mol. The number of benzene rings is 1. The minimum atomic E-state index is -4.46. The van der Waals surface area contributed by atoms with Gasteiger partial charge < -0.3 is 20.4 Å². The molecule has 208 valence electrons. The van der Waals surface area contributed by atoms with Gasteiger partial charge in [-0.3, -0.25) is 9.59 Å². The van der Waals surface area contributed by atoms with E-state index in [1.54, 1.807) is 4.90 Å². The second-order valence-electron chi connectivity index (χ2n) is 9.92. The topological polar surface area (TPSA) is 81.8 Å². The van der Waals surface area contributed by atoms with Crippen molar-refractivity contribution in [1.29, 1.82) is 0 Å². The second-order valence-corrected chi connectivity index (χ2v) is 9.92. The monoisotopic (exact) mass is 526 g/mol. The lowest BCUT2D eigenvalue weighted by Gasteiger charge is -2.41. The smallest absolute Gasteiger partial charge is 0.337 e. The molecule has 1 fully saturated rings. The van der Waals surface area contributed by atoms with Crippen LogP contribution in [0.5, 0.6) is 0 Å². The van der Waals surface area contributed by atoms with Crippen molar-refractivity contribution in [1.82, 2.24) is 15.1 Å². The fourth-order valence-electron chi connectivity index (χ4n) is 4.48. The number of hydrogen-bond donors (Lipinski definition) is 2. The summed E-state index contributed by atoms with van der Waals surface area (Å²) < 4.78 is 38.3. The van der Waals surface area contributed by atoms with Gasteiger partial charge in [0.25, 0.3) is 0 Å². The largest absolute Gasteiger partial charge is 0.416 e. The Balaban J connectivity index is 1.94. The first kappa shape index (κ1) is 30.4. The summed E-state index contributed by atoms with van der Waals surface area (Å²) in [5.41, 5.74) is -0.620. The third kappa shape index (κ3) is 9.23. The van der Waals surface area contributed by atoms with E-state index in [-0.39, 0.29) is 29.5 Å². The lowest BCUT2D eigenvalue weighted by atomic mass is 9.97. The van der Waals surface area contributed by atoms with Crippen LogP contribution in [0.3, 0.4) is 0 Å². The van der Waals surface area contributed by atoms with Gasteiger partial charge in [0.1, 0.15) is 6.04 Å². The van der Waals surface area contributed by atoms with Gasteiger partial charge in [-0.15, -0.1) is 0 Å². The number of unbranched alkanes of at least 4 members (excludes halogenated alkanes) is 4. The molecule has 0 aliphatic carbocycles. The highest BCUT2D eigenvalue weighted by Crippen LogP contribution is 2.29. The maximum Gasteiger partial charge on any atom is 0.416 e. The first-order valence-electron chi connectivity index (χ1n) is 13.3. The highest BCUT2D eigenvalue weighted by atomic mass is 19.4. The summed E-state index contributed by atoms with van der Waals surface area (Å²) in [7, 11) is 0. The summed E-state index contributed by atoms with van der Waals surface area (Å²) in [5.74, 6) is -0.275. The minimum Gasteiger partial charge on any atom is -0.337 e. The maximum atomic E-state index is 13.4. The zero-order valence-corrected chi connectivity index (χ0v) is 22.4. The lowest BCUT2D eigenvalue weighted by Crippen LogP contribution is -2.60. The van der Waals surface area contributed by atoms with Gasteiger partial charge in [0.05, 0.1) is 5.56 Å². The minimum absolute atomic E-state index is 0.114. The maximum absolute atomic E-state index is 13.4. The van der Waals surface area contributed by atoms with Crippen molar-refractivity contribution in [2.75, 3.05) is 25.0 Å². The third-order valence-corrected chi connectivity index (χ3v) is 6.99. The molecule has 1 aromatic carbocycles. The van der Waals surface area contributed by atoms with Gasteiger partial charge in [-0.25, -0.2) is 4.79 Å². The van der Waals surface area contributed by atoms with Crippen molar-refractivity contribution < 1.29 is 27.6 Å². The Morgan fingerprint density at radius 1 is 1.03 bits per heavy atom. The van der Waals surface area contributed by atoms with Crippen molar-refractivity contribution in [2.45, 2.75) is 90.9 Å². The number of carbonyl (C=O) groups excluding carboxylic acids is 3. The average Bonchev–Trinajstić information content (AvgIpc) is 2.85. The first-order chi connectivity index (χ1) is 17.5. The Morgan fingerprint density at radius 2 is 1.68 bits per heavy atom. The molecule has 1 aliphatic heterocycles. The molecule has 4 amide bonds. The van der Waals surface area contributed by atoms with Crippen LogP contribution in [0.25, 0.3) is 0 Å². The number of anilines is 1. The molecule has 3 atom stereocenters. The van der Waals surface area contributed by atoms with E-state index in [0.717, 1.165) is 37.8 Å². The normalized spacial score (nSPS) is 17.8. The van der Waals surface area contributed by atoms with Crippen molar-refractivity contribution >= 4 is 23.5 Å². The van der Waals surface area contributed by atoms with Crippen LogP contribution < -0.4 is 10.6 Å². The highest BCUT2D eigenvalue weighted by Gasteiger charge is 2.35. The molecule has 10 heteroatoms. The SMILES string of the molecule is CCCCCCCC(=O)N1CCN(C(=O)C(NC(=O)Nc2ccc(C(F)(F)F)cc2)C(C)CC)CC1C. The number of urea groups is 1. The molecule has 1 saturated heterocycles. The number of alkyl halides is 3. The van der Waals surface area contributed by atoms with E-state index in [2.05, 4.69) is 17.6 Å². The highest BCUT2D eigenvalue weighted by molar-refractivity contribution is 5.94. The van der Waals surface area contributed by atoms with E-state index in [0.29, 0.717) is 32.5 Å². The van der Waals surface area contributed by atoms with Crippen molar-refractivity contribution in [3.05, 3.63) is 29.8 Å². The predicted octanol–water partition coefficient (Wildman–Crippen LogP) is 5.66. The molecular formula is C27H41F3N4O3. The van der Waals surface area contributed by atoms with E-state index < -0.39 is 23.8 Å². The number of rotatable bonds is 11. The number of carbonyl (C=O) groups is 3. The molecule has 1 heterocycles. The van der Waals surface area contributed by atoms with Gasteiger partial charge in [-0.05, 0) is 43.5 Å². The second kappa shape index (κ2) is 14.2. The van der Waals surface area contributed by atoms with Crippen LogP contribution in [0.15, 0.2) is 24.3 Å². The summed E-state index contributed by atoms with van der Waals surface area (Å²) in [5, 5.41) is 5.22. The molecule has 3 unspecified atom stereocenters. The number of piperazine rings is 1. The third-order valence-electron chi connectivity index (χ3n) is 6.99. The standard InChI is InChI=1S/C27H41F3N4O3/c1-5-7-8-9-10-11-23(35)34-17-16-33(18-20(34)4)25(36)24(19(3)6-2)32-26(37)31-22-14-12-21(13-15-22)27(28,29)30/h12-15,19-20,24H,5-11,16-18H2,1-4H3,(H2,31,32,37). The first-order valence-corrected chi connectivity index (χ1v) is 13.3. The number of halogens is 3. The zero-order chi connectivity index (χ0) is 27.6. The van der Waals surface area contributed by atoms with E-state index in [9.17, 15) is 27.6 Å². The van der Waals surface area contributed by atoms with E-state index in [4.69, 9.17) is 0 Å². The average molecular weight is 527 g/mol. The van der Waals surface area contributed by atoms with Gasteiger partial charge in [-0.2, -0.15) is 13.2 Å². The van der Waals surface area contributed by atoms with E-state index in [1.807, 2.05) is 25.7 Å². The van der Waals surface area contributed by atoms with Crippen molar-refractivity contribution in [3.8, 4) is 0 Å². The summed E-state index contributed by atoms with van der Waals surface area (Å²) in [4.78, 5) is 42.2. The quantitative estimate of drug-likeness (QED) is 0.365. The van der Waals surface area contributed by atoms with Crippen LogP contribution in [0.4, 0.5) is 23.7 Å². The Kier molecular flexibility index (Phi) is 11.7. The van der Waals surface area contributed by atoms with Crippen LogP contribution >= 0.6 is 0 Å². The molecule has 1 aliphatic rings. The molecule has 2 rings (SSSR count). The summed E-state index contributed by atoms with van der Waals surface area (Å²) in [6.07, 6.45) is 2.09. The van der Waals surface area contributed by atoms with Gasteiger partial charge in [0, 0.05) is 37.8 Å². The molecule has 0 saturated carbocycles. The van der Waals surface area contributed by atoms with Crippen molar-refractivity contribution in [2.24, 2.45) is 5.92 Å². The number of nitrogens with one attached hydrogen (secondary N) is 2. The van der Waals surface area contributed by atoms with E-state index in [1.165, 1.54) is 18.6 Å². The van der Waals surface area contributed by atoms with Gasteiger partial charge in [0.15, 0.2) is 0 Å². The molecule has 2 N–H and O–H groups in total. The fourth-order valence-corrected chi connectivity index (χ4v) is 4.48. The Morgan fingerprint density at radius 3 is 2.24 bits per heavy atom.